The van der Waals surface area contributed by atoms with E-state index in [0.717, 1.165) is 38.4 Å². The van der Waals surface area contributed by atoms with Crippen molar-refractivity contribution >= 4 is 50.4 Å². The number of H-pyrrole nitrogens is 1. The van der Waals surface area contributed by atoms with Crippen molar-refractivity contribution in [3.05, 3.63) is 78.5 Å². The minimum atomic E-state index is -0.453. The number of esters is 1. The van der Waals surface area contributed by atoms with Crippen LogP contribution in [0.1, 0.15) is 5.56 Å². The van der Waals surface area contributed by atoms with E-state index in [0.29, 0.717) is 5.69 Å². The Morgan fingerprint density at radius 1 is 0.900 bits per heavy atom. The van der Waals surface area contributed by atoms with Gasteiger partial charge in [-0.2, -0.15) is 0 Å². The molecular weight excluding hydrogens is 380 g/mol. The lowest BCUT2D eigenvalue weighted by atomic mass is 10.1. The summed E-state index contributed by atoms with van der Waals surface area (Å²) in [6.45, 7) is -0.342. The van der Waals surface area contributed by atoms with Crippen molar-refractivity contribution in [3.63, 3.8) is 0 Å². The van der Waals surface area contributed by atoms with Crippen LogP contribution in [0, 0.1) is 0 Å². The van der Waals surface area contributed by atoms with Crippen LogP contribution >= 0.6 is 0 Å². The number of ether oxygens (including phenoxy) is 1. The van der Waals surface area contributed by atoms with Gasteiger partial charge >= 0.3 is 5.97 Å². The molecule has 3 aromatic carbocycles. The predicted octanol–water partition coefficient (Wildman–Crippen LogP) is 4.79. The van der Waals surface area contributed by atoms with Crippen molar-refractivity contribution in [2.45, 2.75) is 6.42 Å². The van der Waals surface area contributed by atoms with Crippen LogP contribution in [0.5, 0.6) is 0 Å². The first-order valence-electron chi connectivity index (χ1n) is 9.59. The Labute approximate surface area is 171 Å². The zero-order chi connectivity index (χ0) is 20.5. The number of benzene rings is 3. The number of hydrogen-bond acceptors (Lipinski definition) is 4. The monoisotopic (exact) mass is 398 g/mol. The fourth-order valence-electron chi connectivity index (χ4n) is 3.63. The Morgan fingerprint density at radius 2 is 1.67 bits per heavy atom. The Morgan fingerprint density at radius 3 is 2.57 bits per heavy atom. The quantitative estimate of drug-likeness (QED) is 0.417. The fraction of sp³-hybridized carbons (Fsp3) is 0.0833. The predicted molar refractivity (Wildman–Crippen MR) is 115 cm³/mol. The van der Waals surface area contributed by atoms with Gasteiger partial charge in [0.2, 0.25) is 0 Å². The molecule has 5 aromatic rings. The highest BCUT2D eigenvalue weighted by molar-refractivity contribution is 6.07. The fourth-order valence-corrected chi connectivity index (χ4v) is 3.63. The van der Waals surface area contributed by atoms with Crippen LogP contribution in [0.4, 0.5) is 5.69 Å². The molecule has 2 aromatic heterocycles. The van der Waals surface area contributed by atoms with Crippen molar-refractivity contribution in [2.75, 3.05) is 11.9 Å². The van der Waals surface area contributed by atoms with Gasteiger partial charge in [0.15, 0.2) is 6.61 Å². The molecule has 2 N–H and O–H groups in total. The Bertz CT molecular complexity index is 1400. The topological polar surface area (TPSA) is 84.3 Å². The Balaban J connectivity index is 1.22. The van der Waals surface area contributed by atoms with E-state index in [-0.39, 0.29) is 13.0 Å². The first-order chi connectivity index (χ1) is 14.7. The SMILES string of the molecule is O=C(COC(=O)Cc1c[nH]c2ccccc12)Nc1ccc2oc3ccccc3c2c1. The van der Waals surface area contributed by atoms with Crippen LogP contribution in [0.2, 0.25) is 0 Å². The summed E-state index contributed by atoms with van der Waals surface area (Å²) in [5.41, 5.74) is 3.96. The molecule has 5 rings (SSSR count). The number of carbonyl (C=O) groups excluding carboxylic acids is 2. The van der Waals surface area contributed by atoms with E-state index in [1.165, 1.54) is 0 Å². The lowest BCUT2D eigenvalue weighted by Gasteiger charge is -2.07. The largest absolute Gasteiger partial charge is 0.456 e. The highest BCUT2D eigenvalue weighted by atomic mass is 16.5. The number of nitrogens with one attached hydrogen (secondary N) is 2. The molecular formula is C24H18N2O4. The normalized spacial score (nSPS) is 11.2. The second kappa shape index (κ2) is 7.40. The summed E-state index contributed by atoms with van der Waals surface area (Å²) in [4.78, 5) is 27.5. The van der Waals surface area contributed by atoms with Crippen LogP contribution in [0.25, 0.3) is 32.8 Å². The molecule has 0 saturated carbocycles. The van der Waals surface area contributed by atoms with E-state index in [4.69, 9.17) is 9.15 Å². The van der Waals surface area contributed by atoms with E-state index < -0.39 is 11.9 Å². The van der Waals surface area contributed by atoms with E-state index in [2.05, 4.69) is 10.3 Å². The summed E-state index contributed by atoms with van der Waals surface area (Å²) in [6.07, 6.45) is 1.89. The molecule has 0 aliphatic carbocycles. The second-order valence-electron chi connectivity index (χ2n) is 7.05. The van der Waals surface area contributed by atoms with Gasteiger partial charge in [-0.25, -0.2) is 0 Å². The molecule has 148 valence electrons. The molecule has 30 heavy (non-hydrogen) atoms. The van der Waals surface area contributed by atoms with Gasteiger partial charge < -0.3 is 19.5 Å². The van der Waals surface area contributed by atoms with Gasteiger partial charge in [-0.05, 0) is 35.9 Å². The number of hydrogen-bond donors (Lipinski definition) is 2. The molecule has 0 spiro atoms. The number of rotatable bonds is 5. The third-order valence-electron chi connectivity index (χ3n) is 5.03. The summed E-state index contributed by atoms with van der Waals surface area (Å²) in [5, 5.41) is 5.64. The molecule has 1 amide bonds. The number of anilines is 1. The molecule has 0 saturated heterocycles. The van der Waals surface area contributed by atoms with Crippen LogP contribution in [0.3, 0.4) is 0 Å². The van der Waals surface area contributed by atoms with E-state index in [1.54, 1.807) is 12.3 Å². The van der Waals surface area contributed by atoms with Gasteiger partial charge in [-0.1, -0.05) is 36.4 Å². The average molecular weight is 398 g/mol. The van der Waals surface area contributed by atoms with Crippen LogP contribution in [-0.2, 0) is 20.7 Å². The second-order valence-corrected chi connectivity index (χ2v) is 7.05. The van der Waals surface area contributed by atoms with Gasteiger partial charge in [0.05, 0.1) is 6.42 Å². The molecule has 0 radical (unpaired) electrons. The van der Waals surface area contributed by atoms with Gasteiger partial charge in [0, 0.05) is 33.6 Å². The lowest BCUT2D eigenvalue weighted by Crippen LogP contribution is -2.21. The third-order valence-corrected chi connectivity index (χ3v) is 5.03. The summed E-state index contributed by atoms with van der Waals surface area (Å²) in [7, 11) is 0. The Hall–Kier alpha value is -4.06. The Kier molecular flexibility index (Phi) is 4.44. The van der Waals surface area contributed by atoms with Crippen molar-refractivity contribution in [3.8, 4) is 0 Å². The summed E-state index contributed by atoms with van der Waals surface area (Å²) in [6, 6.07) is 20.9. The minimum Gasteiger partial charge on any atom is -0.456 e. The van der Waals surface area contributed by atoms with E-state index >= 15 is 0 Å². The third kappa shape index (κ3) is 3.39. The van der Waals surface area contributed by atoms with E-state index in [9.17, 15) is 9.59 Å². The summed E-state index contributed by atoms with van der Waals surface area (Å²) < 4.78 is 10.9. The molecule has 6 nitrogen and oxygen atoms in total. The first kappa shape index (κ1) is 18.0. The molecule has 6 heteroatoms. The van der Waals surface area contributed by atoms with Gasteiger partial charge in [0.1, 0.15) is 11.2 Å². The minimum absolute atomic E-state index is 0.101. The van der Waals surface area contributed by atoms with Crippen LogP contribution in [-0.4, -0.2) is 23.5 Å². The highest BCUT2D eigenvalue weighted by Gasteiger charge is 2.13. The highest BCUT2D eigenvalue weighted by Crippen LogP contribution is 2.30. The summed E-state index contributed by atoms with van der Waals surface area (Å²) in [5.74, 6) is -0.847. The first-order valence-corrected chi connectivity index (χ1v) is 9.59. The maximum atomic E-state index is 12.3. The molecule has 0 aliphatic rings. The molecule has 0 aliphatic heterocycles. The number of amides is 1. The zero-order valence-electron chi connectivity index (χ0n) is 16.0. The van der Waals surface area contributed by atoms with Crippen LogP contribution < -0.4 is 5.32 Å². The van der Waals surface area contributed by atoms with Crippen molar-refractivity contribution < 1.29 is 18.7 Å². The molecule has 0 atom stereocenters. The number of furan rings is 1. The number of carbonyl (C=O) groups is 2. The van der Waals surface area contributed by atoms with Crippen molar-refractivity contribution in [2.24, 2.45) is 0 Å². The summed E-state index contributed by atoms with van der Waals surface area (Å²) >= 11 is 0. The maximum Gasteiger partial charge on any atom is 0.310 e. The number of aromatic nitrogens is 1. The standard InChI is InChI=1S/C24H18N2O4/c27-23(14-29-24(28)11-15-13-25-20-7-3-1-5-17(15)20)26-16-9-10-22-19(12-16)18-6-2-4-8-21(18)30-22/h1-10,12-13,25H,11,14H2,(H,26,27). The number of fused-ring (bicyclic) bond motifs is 4. The molecule has 2 heterocycles. The van der Waals surface area contributed by atoms with Crippen molar-refractivity contribution in [1.82, 2.24) is 4.98 Å². The lowest BCUT2D eigenvalue weighted by molar-refractivity contribution is -0.146. The average Bonchev–Trinajstić information content (AvgIpc) is 3.34. The smallest absolute Gasteiger partial charge is 0.310 e. The van der Waals surface area contributed by atoms with Gasteiger partial charge in [0.25, 0.3) is 5.91 Å². The van der Waals surface area contributed by atoms with E-state index in [1.807, 2.05) is 60.7 Å². The van der Waals surface area contributed by atoms with Crippen LogP contribution in [0.15, 0.2) is 77.3 Å². The van der Waals surface area contributed by atoms with Gasteiger partial charge in [-0.15, -0.1) is 0 Å². The number of para-hydroxylation sites is 2. The zero-order valence-corrected chi connectivity index (χ0v) is 16.0. The molecule has 0 bridgehead atoms. The van der Waals surface area contributed by atoms with Gasteiger partial charge in [-0.3, -0.25) is 9.59 Å². The maximum absolute atomic E-state index is 12.3. The number of aromatic amines is 1. The van der Waals surface area contributed by atoms with Crippen molar-refractivity contribution in [1.29, 1.82) is 0 Å². The molecule has 0 fully saturated rings. The molecule has 0 unspecified atom stereocenters.